The summed E-state index contributed by atoms with van der Waals surface area (Å²) in [4.78, 5) is 3.95. The predicted octanol–water partition coefficient (Wildman–Crippen LogP) is 1.71. The van der Waals surface area contributed by atoms with Crippen LogP contribution in [-0.2, 0) is 13.2 Å². The summed E-state index contributed by atoms with van der Waals surface area (Å²) in [7, 11) is 0. The van der Waals surface area contributed by atoms with Gasteiger partial charge in [0.05, 0.1) is 19.0 Å². The number of hydrogen-bond donors (Lipinski definition) is 1. The van der Waals surface area contributed by atoms with Crippen molar-refractivity contribution in [1.82, 2.24) is 4.98 Å². The number of ether oxygens (including phenoxy) is 1. The highest BCUT2D eigenvalue weighted by Gasteiger charge is 2.04. The molecule has 0 aromatic carbocycles. The van der Waals surface area contributed by atoms with Crippen molar-refractivity contribution in [2.75, 3.05) is 0 Å². The monoisotopic (exact) mass is 204 g/mol. The first-order valence-corrected chi connectivity index (χ1v) is 4.68. The van der Waals surface area contributed by atoms with Crippen molar-refractivity contribution in [3.8, 4) is 5.75 Å². The lowest BCUT2D eigenvalue weighted by Gasteiger charge is -2.04. The van der Waals surface area contributed by atoms with Gasteiger partial charge in [0.2, 0.25) is 0 Å². The fourth-order valence-corrected chi connectivity index (χ4v) is 1.27. The van der Waals surface area contributed by atoms with Crippen LogP contribution in [0.2, 0.25) is 0 Å². The lowest BCUT2D eigenvalue weighted by molar-refractivity contribution is 0.301. The van der Waals surface area contributed by atoms with Gasteiger partial charge >= 0.3 is 0 Å². The average Bonchev–Trinajstić information content (AvgIpc) is 2.75. The Morgan fingerprint density at radius 3 is 3.07 bits per heavy atom. The quantitative estimate of drug-likeness (QED) is 0.823. The van der Waals surface area contributed by atoms with Crippen molar-refractivity contribution < 1.29 is 9.15 Å². The van der Waals surface area contributed by atoms with Crippen molar-refractivity contribution >= 4 is 0 Å². The van der Waals surface area contributed by atoms with Crippen LogP contribution in [0.4, 0.5) is 0 Å². The fourth-order valence-electron chi connectivity index (χ4n) is 1.27. The number of nitrogens with zero attached hydrogens (tertiary/aromatic N) is 1. The van der Waals surface area contributed by atoms with E-state index in [-0.39, 0.29) is 0 Å². The van der Waals surface area contributed by atoms with Crippen LogP contribution in [0.3, 0.4) is 0 Å². The Morgan fingerprint density at radius 1 is 1.40 bits per heavy atom. The summed E-state index contributed by atoms with van der Waals surface area (Å²) < 4.78 is 10.7. The molecule has 78 valence electrons. The maximum atomic E-state index is 5.51. The molecule has 0 spiro atoms. The first-order valence-electron chi connectivity index (χ1n) is 4.68. The summed E-state index contributed by atoms with van der Waals surface area (Å²) in [6.07, 6.45) is 4.99. The Labute approximate surface area is 87.7 Å². The lowest BCUT2D eigenvalue weighted by atomic mass is 10.2. The van der Waals surface area contributed by atoms with Crippen LogP contribution in [-0.4, -0.2) is 4.98 Å². The second-order valence-electron chi connectivity index (χ2n) is 3.05. The number of pyridine rings is 1. The molecule has 2 aromatic rings. The Kier molecular flexibility index (Phi) is 2.99. The van der Waals surface area contributed by atoms with E-state index in [1.807, 2.05) is 18.2 Å². The van der Waals surface area contributed by atoms with Gasteiger partial charge in [0.25, 0.3) is 0 Å². The highest BCUT2D eigenvalue weighted by molar-refractivity contribution is 5.19. The van der Waals surface area contributed by atoms with E-state index in [0.29, 0.717) is 13.2 Å². The van der Waals surface area contributed by atoms with Gasteiger partial charge in [-0.25, -0.2) is 0 Å². The molecule has 2 aromatic heterocycles. The van der Waals surface area contributed by atoms with E-state index < -0.39 is 0 Å². The topological polar surface area (TPSA) is 61.3 Å². The lowest BCUT2D eigenvalue weighted by Crippen LogP contribution is -2.01. The van der Waals surface area contributed by atoms with Gasteiger partial charge in [-0.2, -0.15) is 0 Å². The summed E-state index contributed by atoms with van der Waals surface area (Å²) in [5.74, 6) is 1.50. The third-order valence-corrected chi connectivity index (χ3v) is 2.05. The Bertz CT molecular complexity index is 412. The van der Waals surface area contributed by atoms with Crippen LogP contribution in [0.5, 0.6) is 5.75 Å². The number of hydrogen-bond acceptors (Lipinski definition) is 4. The third-order valence-electron chi connectivity index (χ3n) is 2.05. The largest absolute Gasteiger partial charge is 0.487 e. The molecule has 0 unspecified atom stereocenters. The van der Waals surface area contributed by atoms with Crippen LogP contribution in [0.15, 0.2) is 41.3 Å². The Morgan fingerprint density at radius 2 is 2.33 bits per heavy atom. The minimum Gasteiger partial charge on any atom is -0.487 e. The zero-order valence-electron chi connectivity index (χ0n) is 8.22. The average molecular weight is 204 g/mol. The van der Waals surface area contributed by atoms with E-state index in [0.717, 1.165) is 17.1 Å². The van der Waals surface area contributed by atoms with Crippen LogP contribution in [0.25, 0.3) is 0 Å². The molecule has 0 atom stereocenters. The first kappa shape index (κ1) is 9.73. The van der Waals surface area contributed by atoms with Gasteiger partial charge in [0, 0.05) is 11.8 Å². The van der Waals surface area contributed by atoms with Crippen molar-refractivity contribution in [2.24, 2.45) is 5.73 Å². The number of aromatic nitrogens is 1. The molecule has 0 fully saturated rings. The second-order valence-corrected chi connectivity index (χ2v) is 3.05. The van der Waals surface area contributed by atoms with Crippen molar-refractivity contribution in [3.63, 3.8) is 0 Å². The number of nitrogens with two attached hydrogens (primary N) is 1. The van der Waals surface area contributed by atoms with Crippen LogP contribution < -0.4 is 10.5 Å². The van der Waals surface area contributed by atoms with Gasteiger partial charge in [0.15, 0.2) is 0 Å². The smallest absolute Gasteiger partial charge is 0.138 e. The van der Waals surface area contributed by atoms with Crippen LogP contribution in [0, 0.1) is 0 Å². The molecule has 0 bridgehead atoms. The van der Waals surface area contributed by atoms with Gasteiger partial charge in [-0.1, -0.05) is 0 Å². The maximum absolute atomic E-state index is 5.51. The molecule has 2 heterocycles. The van der Waals surface area contributed by atoms with Gasteiger partial charge in [-0.3, -0.25) is 4.98 Å². The SMILES string of the molecule is NCc1occc1COc1cccnc1. The molecule has 0 saturated carbocycles. The molecule has 0 radical (unpaired) electrons. The summed E-state index contributed by atoms with van der Waals surface area (Å²) >= 11 is 0. The van der Waals surface area contributed by atoms with E-state index in [9.17, 15) is 0 Å². The molecule has 0 aliphatic rings. The number of furan rings is 1. The zero-order chi connectivity index (χ0) is 10.5. The maximum Gasteiger partial charge on any atom is 0.138 e. The molecule has 4 nitrogen and oxygen atoms in total. The minimum atomic E-state index is 0.388. The molecule has 0 saturated heterocycles. The normalized spacial score (nSPS) is 10.2. The summed E-state index contributed by atoms with van der Waals surface area (Å²) in [6, 6.07) is 5.54. The van der Waals surface area contributed by atoms with E-state index in [4.69, 9.17) is 14.9 Å². The second kappa shape index (κ2) is 4.61. The van der Waals surface area contributed by atoms with Gasteiger partial charge < -0.3 is 14.9 Å². The van der Waals surface area contributed by atoms with Crippen molar-refractivity contribution in [1.29, 1.82) is 0 Å². The molecule has 15 heavy (non-hydrogen) atoms. The minimum absolute atomic E-state index is 0.388. The van der Waals surface area contributed by atoms with E-state index >= 15 is 0 Å². The Balaban J connectivity index is 1.99. The zero-order valence-corrected chi connectivity index (χ0v) is 8.22. The molecule has 0 aliphatic carbocycles. The fraction of sp³-hybridized carbons (Fsp3) is 0.182. The van der Waals surface area contributed by atoms with E-state index in [2.05, 4.69) is 4.98 Å². The van der Waals surface area contributed by atoms with E-state index in [1.54, 1.807) is 18.7 Å². The van der Waals surface area contributed by atoms with Crippen molar-refractivity contribution in [2.45, 2.75) is 13.2 Å². The first-order chi connectivity index (χ1) is 7.40. The highest BCUT2D eigenvalue weighted by atomic mass is 16.5. The van der Waals surface area contributed by atoms with E-state index in [1.165, 1.54) is 0 Å². The molecular weight excluding hydrogens is 192 g/mol. The molecule has 0 amide bonds. The molecule has 2 rings (SSSR count). The third kappa shape index (κ3) is 2.35. The van der Waals surface area contributed by atoms with Gasteiger partial charge in [-0.05, 0) is 18.2 Å². The van der Waals surface area contributed by atoms with Crippen LogP contribution >= 0.6 is 0 Å². The van der Waals surface area contributed by atoms with Gasteiger partial charge in [-0.15, -0.1) is 0 Å². The summed E-state index contributed by atoms with van der Waals surface area (Å²) in [5, 5.41) is 0. The van der Waals surface area contributed by atoms with Gasteiger partial charge in [0.1, 0.15) is 18.1 Å². The molecule has 0 aliphatic heterocycles. The predicted molar refractivity (Wildman–Crippen MR) is 55.2 cm³/mol. The highest BCUT2D eigenvalue weighted by Crippen LogP contribution is 2.14. The van der Waals surface area contributed by atoms with Crippen molar-refractivity contribution in [3.05, 3.63) is 48.2 Å². The summed E-state index contributed by atoms with van der Waals surface area (Å²) in [5.41, 5.74) is 6.48. The Hall–Kier alpha value is -1.81. The molecule has 4 heteroatoms. The standard InChI is InChI=1S/C11H12N2O2/c12-6-11-9(3-5-14-11)8-15-10-2-1-4-13-7-10/h1-5,7H,6,8,12H2. The summed E-state index contributed by atoms with van der Waals surface area (Å²) in [6.45, 7) is 0.841. The van der Waals surface area contributed by atoms with Crippen LogP contribution in [0.1, 0.15) is 11.3 Å². The molecule has 2 N–H and O–H groups in total. The molecular formula is C11H12N2O2. The number of rotatable bonds is 4.